The van der Waals surface area contributed by atoms with E-state index < -0.39 is 16.2 Å². The molecule has 0 spiro atoms. The first-order chi connectivity index (χ1) is 10.1. The van der Waals surface area contributed by atoms with Gasteiger partial charge in [-0.05, 0) is 39.3 Å². The van der Waals surface area contributed by atoms with E-state index in [2.05, 4.69) is 11.9 Å². The lowest BCUT2D eigenvalue weighted by molar-refractivity contribution is -0.155. The molecule has 0 aliphatic heterocycles. The van der Waals surface area contributed by atoms with Crippen molar-refractivity contribution < 1.29 is 14.3 Å². The van der Waals surface area contributed by atoms with Crippen molar-refractivity contribution in [1.82, 2.24) is 5.32 Å². The van der Waals surface area contributed by atoms with E-state index in [-0.39, 0.29) is 18.5 Å². The number of nitrogens with one attached hydrogen (secondary N) is 1. The zero-order valence-corrected chi connectivity index (χ0v) is 16.2. The van der Waals surface area contributed by atoms with Crippen molar-refractivity contribution in [1.29, 1.82) is 0 Å². The second kappa shape index (κ2) is 7.33. The first-order valence-electron chi connectivity index (χ1n) is 7.94. The van der Waals surface area contributed by atoms with Gasteiger partial charge in [-0.15, -0.1) is 0 Å². The van der Waals surface area contributed by atoms with Crippen LogP contribution in [0.2, 0.25) is 0 Å². The number of amides is 1. The van der Waals surface area contributed by atoms with E-state index >= 15 is 0 Å². The number of esters is 1. The highest BCUT2D eigenvalue weighted by Gasteiger charge is 2.28. The second-order valence-corrected chi connectivity index (χ2v) is 8.77. The molecule has 1 N–H and O–H groups in total. The summed E-state index contributed by atoms with van der Waals surface area (Å²) in [5, 5.41) is 2.87. The Kier molecular flexibility index (Phi) is 6.82. The van der Waals surface area contributed by atoms with Gasteiger partial charge in [-0.1, -0.05) is 41.2 Å². The van der Waals surface area contributed by atoms with Gasteiger partial charge in [0.2, 0.25) is 5.91 Å². The highest BCUT2D eigenvalue weighted by atomic mass is 16.5. The topological polar surface area (TPSA) is 55.4 Å². The molecule has 4 nitrogen and oxygen atoms in total. The predicted octanol–water partition coefficient (Wildman–Crippen LogP) is 4.22. The molecule has 4 heteroatoms. The molecule has 0 saturated heterocycles. The maximum atomic E-state index is 12.0. The summed E-state index contributed by atoms with van der Waals surface area (Å²) >= 11 is 0. The number of carbonyl (C=O) groups is 2. The van der Waals surface area contributed by atoms with Gasteiger partial charge in [-0.25, -0.2) is 0 Å². The summed E-state index contributed by atoms with van der Waals surface area (Å²) in [6.07, 6.45) is 1.83. The van der Waals surface area contributed by atoms with Gasteiger partial charge < -0.3 is 10.1 Å². The van der Waals surface area contributed by atoms with E-state index in [4.69, 9.17) is 4.74 Å². The highest BCUT2D eigenvalue weighted by Crippen LogP contribution is 2.28. The molecular formula is C19H33NO3. The molecule has 0 atom stereocenters. The first kappa shape index (κ1) is 21.4. The van der Waals surface area contributed by atoms with Crippen LogP contribution in [0.15, 0.2) is 23.9 Å². The predicted molar refractivity (Wildman–Crippen MR) is 94.7 cm³/mol. The molecule has 0 aromatic heterocycles. The molecule has 132 valence electrons. The fourth-order valence-electron chi connectivity index (χ4n) is 1.41. The Morgan fingerprint density at radius 2 is 1.48 bits per heavy atom. The van der Waals surface area contributed by atoms with Crippen molar-refractivity contribution in [2.45, 2.75) is 62.3 Å². The van der Waals surface area contributed by atoms with Crippen LogP contribution < -0.4 is 5.32 Å². The average molecular weight is 323 g/mol. The fraction of sp³-hybridized carbons (Fsp3) is 0.684. The van der Waals surface area contributed by atoms with Crippen LogP contribution >= 0.6 is 0 Å². The summed E-state index contributed by atoms with van der Waals surface area (Å²) in [6.45, 7) is 21.1. The number of carbonyl (C=O) groups excluding carboxylic acids is 2. The molecule has 0 aromatic rings. The Hall–Kier alpha value is -1.58. The summed E-state index contributed by atoms with van der Waals surface area (Å²) in [5.74, 6) is -0.281. The van der Waals surface area contributed by atoms with Gasteiger partial charge in [-0.3, -0.25) is 9.59 Å². The molecule has 0 radical (unpaired) electrons. The summed E-state index contributed by atoms with van der Waals surface area (Å²) in [5.41, 5.74) is 0.142. The zero-order chi connectivity index (χ0) is 18.6. The second-order valence-electron chi connectivity index (χ2n) is 8.77. The van der Waals surface area contributed by atoms with E-state index in [9.17, 15) is 9.59 Å². The van der Waals surface area contributed by atoms with Crippen LogP contribution in [0, 0.1) is 16.2 Å². The molecule has 1 amide bonds. The third kappa shape index (κ3) is 7.49. The van der Waals surface area contributed by atoms with Crippen LogP contribution in [0.5, 0.6) is 0 Å². The van der Waals surface area contributed by atoms with Gasteiger partial charge >= 0.3 is 5.97 Å². The summed E-state index contributed by atoms with van der Waals surface area (Å²) in [4.78, 5) is 23.9. The lowest BCUT2D eigenvalue weighted by Gasteiger charge is -2.28. The van der Waals surface area contributed by atoms with Crippen LogP contribution in [0.25, 0.3) is 0 Å². The van der Waals surface area contributed by atoms with E-state index in [0.29, 0.717) is 0 Å². The molecule has 0 aliphatic carbocycles. The van der Waals surface area contributed by atoms with Crippen LogP contribution in [0.4, 0.5) is 0 Å². The van der Waals surface area contributed by atoms with Crippen molar-refractivity contribution in [2.75, 3.05) is 6.61 Å². The molecule has 0 saturated carbocycles. The maximum absolute atomic E-state index is 12.0. The largest absolute Gasteiger partial charge is 0.464 e. The normalized spacial score (nSPS) is 13.5. The molecule has 0 aromatic carbocycles. The minimum atomic E-state index is -0.524. The quantitative estimate of drug-likeness (QED) is 0.608. The molecule has 0 rings (SSSR count). The van der Waals surface area contributed by atoms with Gasteiger partial charge in [0.1, 0.15) is 6.61 Å². The Labute approximate surface area is 141 Å². The van der Waals surface area contributed by atoms with Crippen molar-refractivity contribution in [3.05, 3.63) is 23.9 Å². The van der Waals surface area contributed by atoms with Crippen molar-refractivity contribution in [3.63, 3.8) is 0 Å². The first-order valence-corrected chi connectivity index (χ1v) is 7.94. The van der Waals surface area contributed by atoms with Gasteiger partial charge in [-0.2, -0.15) is 0 Å². The van der Waals surface area contributed by atoms with Crippen molar-refractivity contribution in [3.8, 4) is 0 Å². The molecule has 0 aliphatic rings. The monoisotopic (exact) mass is 323 g/mol. The van der Waals surface area contributed by atoms with Crippen LogP contribution in [-0.4, -0.2) is 18.5 Å². The Balaban J connectivity index is 4.83. The summed E-state index contributed by atoms with van der Waals surface area (Å²) in [6, 6.07) is 0. The number of hydrogen-bond acceptors (Lipinski definition) is 3. The molecule has 0 unspecified atom stereocenters. The third-order valence-electron chi connectivity index (χ3n) is 3.43. The fourth-order valence-corrected chi connectivity index (χ4v) is 1.41. The van der Waals surface area contributed by atoms with Crippen molar-refractivity contribution in [2.24, 2.45) is 16.2 Å². The zero-order valence-electron chi connectivity index (χ0n) is 16.2. The standard InChI is InChI=1S/C19H33NO3/c1-13(11-14(2)20-15(21)17(3,4)5)19(9,10)12-23-16(22)18(6,7)8/h11H,1,12H2,2-10H3,(H,20,21)/b14-11+. The number of allylic oxidation sites excluding steroid dienone is 2. The van der Waals surface area contributed by atoms with Crippen LogP contribution in [0.3, 0.4) is 0 Å². The van der Waals surface area contributed by atoms with Gasteiger partial charge in [0.25, 0.3) is 0 Å². The van der Waals surface area contributed by atoms with Crippen molar-refractivity contribution >= 4 is 11.9 Å². The van der Waals surface area contributed by atoms with E-state index in [1.807, 2.05) is 68.4 Å². The Morgan fingerprint density at radius 1 is 1.00 bits per heavy atom. The number of ether oxygens (including phenoxy) is 1. The Bertz CT molecular complexity index is 500. The molecule has 0 fully saturated rings. The van der Waals surface area contributed by atoms with E-state index in [1.165, 1.54) is 0 Å². The van der Waals surface area contributed by atoms with Crippen LogP contribution in [-0.2, 0) is 14.3 Å². The minimum Gasteiger partial charge on any atom is -0.464 e. The van der Waals surface area contributed by atoms with E-state index in [0.717, 1.165) is 11.3 Å². The minimum absolute atomic E-state index is 0.0454. The van der Waals surface area contributed by atoms with Gasteiger partial charge in [0.05, 0.1) is 5.41 Å². The average Bonchev–Trinajstić information content (AvgIpc) is 2.33. The molecule has 0 bridgehead atoms. The lowest BCUT2D eigenvalue weighted by atomic mass is 9.85. The summed E-state index contributed by atoms with van der Waals surface area (Å²) in [7, 11) is 0. The number of hydrogen-bond donors (Lipinski definition) is 1. The number of rotatable bonds is 5. The Morgan fingerprint density at radius 3 is 1.87 bits per heavy atom. The van der Waals surface area contributed by atoms with E-state index in [1.54, 1.807) is 0 Å². The maximum Gasteiger partial charge on any atom is 0.311 e. The summed E-state index contributed by atoms with van der Waals surface area (Å²) < 4.78 is 5.39. The van der Waals surface area contributed by atoms with Crippen LogP contribution in [0.1, 0.15) is 62.3 Å². The molecular weight excluding hydrogens is 290 g/mol. The smallest absolute Gasteiger partial charge is 0.311 e. The molecule has 23 heavy (non-hydrogen) atoms. The van der Waals surface area contributed by atoms with Gasteiger partial charge in [0.15, 0.2) is 0 Å². The highest BCUT2D eigenvalue weighted by molar-refractivity contribution is 5.82. The third-order valence-corrected chi connectivity index (χ3v) is 3.43. The SMILES string of the molecule is C=C(/C=C(\C)NC(=O)C(C)(C)C)C(C)(C)COC(=O)C(C)(C)C. The van der Waals surface area contributed by atoms with Gasteiger partial charge in [0, 0.05) is 16.5 Å². The molecule has 0 heterocycles. The lowest BCUT2D eigenvalue weighted by Crippen LogP contribution is -2.34.